The summed E-state index contributed by atoms with van der Waals surface area (Å²) in [6.45, 7) is 7.43. The van der Waals surface area contributed by atoms with Crippen molar-refractivity contribution in [2.75, 3.05) is 0 Å². The van der Waals surface area contributed by atoms with Gasteiger partial charge in [0.15, 0.2) is 0 Å². The quantitative estimate of drug-likeness (QED) is 0.882. The van der Waals surface area contributed by atoms with Crippen LogP contribution in [-0.4, -0.2) is 4.98 Å². The van der Waals surface area contributed by atoms with Crippen molar-refractivity contribution in [3.63, 3.8) is 0 Å². The summed E-state index contributed by atoms with van der Waals surface area (Å²) in [5.74, 6) is 2.06. The lowest BCUT2D eigenvalue weighted by Gasteiger charge is -2.24. The topological polar surface area (TPSA) is 38.9 Å². The Morgan fingerprint density at radius 2 is 2.18 bits per heavy atom. The SMILES string of the molecule is CC1CCCC(c2nc(C(C)C)c(CN)s2)C1. The second-order valence-electron chi connectivity index (χ2n) is 5.69. The molecule has 1 saturated carbocycles. The number of rotatable bonds is 3. The predicted molar refractivity (Wildman–Crippen MR) is 74.5 cm³/mol. The van der Waals surface area contributed by atoms with Crippen molar-refractivity contribution in [2.24, 2.45) is 11.7 Å². The molecule has 2 unspecified atom stereocenters. The number of nitrogens with two attached hydrogens (primary N) is 1. The van der Waals surface area contributed by atoms with Gasteiger partial charge in [-0.05, 0) is 24.7 Å². The van der Waals surface area contributed by atoms with Gasteiger partial charge in [-0.2, -0.15) is 0 Å². The fourth-order valence-electron chi connectivity index (χ4n) is 2.81. The number of nitrogens with zero attached hydrogens (tertiary/aromatic N) is 1. The summed E-state index contributed by atoms with van der Waals surface area (Å²) in [5.41, 5.74) is 7.07. The molecule has 1 aliphatic carbocycles. The monoisotopic (exact) mass is 252 g/mol. The zero-order valence-corrected chi connectivity index (χ0v) is 12.0. The van der Waals surface area contributed by atoms with Gasteiger partial charge in [-0.25, -0.2) is 4.98 Å². The highest BCUT2D eigenvalue weighted by Gasteiger charge is 2.24. The molecule has 1 aromatic rings. The smallest absolute Gasteiger partial charge is 0.0962 e. The Morgan fingerprint density at radius 3 is 2.71 bits per heavy atom. The Morgan fingerprint density at radius 1 is 1.41 bits per heavy atom. The molecule has 0 spiro atoms. The van der Waals surface area contributed by atoms with Gasteiger partial charge < -0.3 is 5.73 Å². The second kappa shape index (κ2) is 5.49. The fraction of sp³-hybridized carbons (Fsp3) is 0.786. The van der Waals surface area contributed by atoms with E-state index >= 15 is 0 Å². The minimum absolute atomic E-state index is 0.500. The number of thiazole rings is 1. The van der Waals surface area contributed by atoms with Crippen LogP contribution in [0.1, 0.15) is 73.9 Å². The van der Waals surface area contributed by atoms with Crippen molar-refractivity contribution >= 4 is 11.3 Å². The fourth-order valence-corrected chi connectivity index (χ4v) is 4.06. The van der Waals surface area contributed by atoms with Gasteiger partial charge in [0.05, 0.1) is 10.7 Å². The summed E-state index contributed by atoms with van der Waals surface area (Å²) in [4.78, 5) is 6.18. The first-order valence-corrected chi connectivity index (χ1v) is 7.63. The molecule has 1 aromatic heterocycles. The molecule has 2 nitrogen and oxygen atoms in total. The molecule has 17 heavy (non-hydrogen) atoms. The Labute approximate surface area is 109 Å². The number of hydrogen-bond acceptors (Lipinski definition) is 3. The van der Waals surface area contributed by atoms with Crippen LogP contribution >= 0.6 is 11.3 Å². The minimum Gasteiger partial charge on any atom is -0.326 e. The third-order valence-electron chi connectivity index (χ3n) is 3.76. The molecule has 1 heterocycles. The Kier molecular flexibility index (Phi) is 4.21. The predicted octanol–water partition coefficient (Wildman–Crippen LogP) is 4.02. The largest absolute Gasteiger partial charge is 0.326 e. The van der Waals surface area contributed by atoms with Crippen LogP contribution in [-0.2, 0) is 6.54 Å². The minimum atomic E-state index is 0.500. The van der Waals surface area contributed by atoms with Gasteiger partial charge in [0.1, 0.15) is 0 Å². The Hall–Kier alpha value is -0.410. The van der Waals surface area contributed by atoms with Crippen LogP contribution in [0.5, 0.6) is 0 Å². The van der Waals surface area contributed by atoms with Crippen LogP contribution in [0.25, 0.3) is 0 Å². The maximum absolute atomic E-state index is 5.83. The van der Waals surface area contributed by atoms with Crippen LogP contribution in [0.2, 0.25) is 0 Å². The molecule has 0 aliphatic heterocycles. The van der Waals surface area contributed by atoms with E-state index in [9.17, 15) is 0 Å². The van der Waals surface area contributed by atoms with E-state index in [1.54, 1.807) is 0 Å². The first-order chi connectivity index (χ1) is 8.11. The van der Waals surface area contributed by atoms with Crippen molar-refractivity contribution in [3.8, 4) is 0 Å². The van der Waals surface area contributed by atoms with E-state index in [2.05, 4.69) is 20.8 Å². The lowest BCUT2D eigenvalue weighted by molar-refractivity contribution is 0.343. The van der Waals surface area contributed by atoms with Crippen molar-refractivity contribution in [2.45, 2.75) is 64.8 Å². The lowest BCUT2D eigenvalue weighted by atomic mass is 9.83. The summed E-state index contributed by atoms with van der Waals surface area (Å²) < 4.78 is 0. The van der Waals surface area contributed by atoms with Crippen LogP contribution < -0.4 is 5.73 Å². The van der Waals surface area contributed by atoms with Crippen LogP contribution in [0, 0.1) is 5.92 Å². The van der Waals surface area contributed by atoms with Crippen molar-refractivity contribution < 1.29 is 0 Å². The van der Waals surface area contributed by atoms with E-state index in [1.807, 2.05) is 11.3 Å². The van der Waals surface area contributed by atoms with E-state index in [1.165, 1.54) is 41.3 Å². The number of aromatic nitrogens is 1. The molecule has 96 valence electrons. The highest BCUT2D eigenvalue weighted by Crippen LogP contribution is 2.39. The molecule has 0 saturated heterocycles. The first-order valence-electron chi connectivity index (χ1n) is 6.81. The zero-order chi connectivity index (χ0) is 12.4. The highest BCUT2D eigenvalue weighted by atomic mass is 32.1. The normalized spacial score (nSPS) is 25.5. The maximum Gasteiger partial charge on any atom is 0.0962 e. The van der Waals surface area contributed by atoms with E-state index < -0.39 is 0 Å². The van der Waals surface area contributed by atoms with Gasteiger partial charge in [0.2, 0.25) is 0 Å². The molecule has 1 fully saturated rings. The zero-order valence-electron chi connectivity index (χ0n) is 11.2. The summed E-state index contributed by atoms with van der Waals surface area (Å²) in [6.07, 6.45) is 5.39. The maximum atomic E-state index is 5.83. The average Bonchev–Trinajstić information content (AvgIpc) is 2.73. The van der Waals surface area contributed by atoms with E-state index in [4.69, 9.17) is 10.7 Å². The molecule has 0 amide bonds. The van der Waals surface area contributed by atoms with Gasteiger partial charge >= 0.3 is 0 Å². The third kappa shape index (κ3) is 2.89. The van der Waals surface area contributed by atoms with Crippen LogP contribution in [0.15, 0.2) is 0 Å². The van der Waals surface area contributed by atoms with Gasteiger partial charge in [-0.15, -0.1) is 11.3 Å². The third-order valence-corrected chi connectivity index (χ3v) is 5.02. The summed E-state index contributed by atoms with van der Waals surface area (Å²) in [7, 11) is 0. The highest BCUT2D eigenvalue weighted by molar-refractivity contribution is 7.11. The van der Waals surface area contributed by atoms with Crippen molar-refractivity contribution in [1.29, 1.82) is 0 Å². The van der Waals surface area contributed by atoms with Crippen LogP contribution in [0.4, 0.5) is 0 Å². The van der Waals surface area contributed by atoms with Gasteiger partial charge in [-0.1, -0.05) is 33.6 Å². The number of hydrogen-bond donors (Lipinski definition) is 1. The molecular formula is C14H24N2S. The molecule has 0 aromatic carbocycles. The van der Waals surface area contributed by atoms with E-state index in [0.717, 1.165) is 5.92 Å². The summed E-state index contributed by atoms with van der Waals surface area (Å²) in [5, 5.41) is 1.35. The molecule has 3 heteroatoms. The molecule has 2 N–H and O–H groups in total. The lowest BCUT2D eigenvalue weighted by Crippen LogP contribution is -2.11. The average molecular weight is 252 g/mol. The molecule has 2 atom stereocenters. The van der Waals surface area contributed by atoms with Crippen LogP contribution in [0.3, 0.4) is 0 Å². The van der Waals surface area contributed by atoms with Gasteiger partial charge in [0, 0.05) is 17.3 Å². The molecule has 2 rings (SSSR count). The standard InChI is InChI=1S/C14H24N2S/c1-9(2)13-12(8-15)17-14(16-13)11-6-4-5-10(3)7-11/h9-11H,4-8,15H2,1-3H3. The first kappa shape index (κ1) is 13.0. The Bertz CT molecular complexity index is 370. The van der Waals surface area contributed by atoms with Crippen molar-refractivity contribution in [1.82, 2.24) is 4.98 Å². The molecule has 0 bridgehead atoms. The molecular weight excluding hydrogens is 228 g/mol. The summed E-state index contributed by atoms with van der Waals surface area (Å²) in [6, 6.07) is 0. The second-order valence-corrected chi connectivity index (χ2v) is 6.80. The molecule has 1 aliphatic rings. The Balaban J connectivity index is 2.20. The van der Waals surface area contributed by atoms with E-state index in [0.29, 0.717) is 18.4 Å². The summed E-state index contributed by atoms with van der Waals surface area (Å²) >= 11 is 1.86. The molecule has 0 radical (unpaired) electrons. The van der Waals surface area contributed by atoms with Gasteiger partial charge in [-0.3, -0.25) is 0 Å². The van der Waals surface area contributed by atoms with Crippen molar-refractivity contribution in [3.05, 3.63) is 15.6 Å². The van der Waals surface area contributed by atoms with Gasteiger partial charge in [0.25, 0.3) is 0 Å². The van der Waals surface area contributed by atoms with E-state index in [-0.39, 0.29) is 0 Å².